The van der Waals surface area contributed by atoms with Gasteiger partial charge in [0, 0.05) is 10.2 Å². The zero-order valence-electron chi connectivity index (χ0n) is 9.49. The molecular weight excluding hydrogens is 244 g/mol. The molecule has 1 amide bonds. The summed E-state index contributed by atoms with van der Waals surface area (Å²) in [5, 5.41) is 20.7. The Morgan fingerprint density at radius 3 is 2.72 bits per heavy atom. The van der Waals surface area contributed by atoms with Crippen LogP contribution < -0.4 is 14.6 Å². The van der Waals surface area contributed by atoms with Gasteiger partial charge in [-0.2, -0.15) is 0 Å². The molecule has 0 aromatic heterocycles. The lowest BCUT2D eigenvalue weighted by atomic mass is 10.2. The third-order valence-electron chi connectivity index (χ3n) is 2.68. The first-order valence-electron chi connectivity index (χ1n) is 5.04. The first-order valence-corrected chi connectivity index (χ1v) is 5.04. The van der Waals surface area contributed by atoms with Crippen LogP contribution in [0.2, 0.25) is 0 Å². The van der Waals surface area contributed by atoms with Gasteiger partial charge >= 0.3 is 6.09 Å². The normalized spacial score (nSPS) is 16.1. The predicted molar refractivity (Wildman–Crippen MR) is 54.8 cm³/mol. The fourth-order valence-corrected chi connectivity index (χ4v) is 1.58. The van der Waals surface area contributed by atoms with Crippen LogP contribution in [0.15, 0.2) is 18.2 Å². The van der Waals surface area contributed by atoms with Crippen molar-refractivity contribution in [2.24, 2.45) is 0 Å². The molecule has 1 aromatic rings. The molecule has 1 unspecified atom stereocenters. The average Bonchev–Trinajstić information content (AvgIpc) is 2.75. The van der Waals surface area contributed by atoms with Crippen molar-refractivity contribution in [3.05, 3.63) is 33.9 Å². The Kier molecular flexibility index (Phi) is 2.79. The van der Waals surface area contributed by atoms with Gasteiger partial charge in [-0.15, -0.1) is 0 Å². The van der Waals surface area contributed by atoms with Crippen LogP contribution in [-0.4, -0.2) is 29.6 Å². The number of ether oxygens (including phenoxy) is 2. The van der Waals surface area contributed by atoms with Crippen LogP contribution in [0.5, 0.6) is 11.5 Å². The van der Waals surface area contributed by atoms with E-state index in [2.05, 4.69) is 0 Å². The number of quaternary nitrogens is 1. The second-order valence-corrected chi connectivity index (χ2v) is 3.99. The first-order chi connectivity index (χ1) is 8.43. The van der Waals surface area contributed by atoms with Gasteiger partial charge in [0.25, 0.3) is 0 Å². The predicted octanol–water partition coefficient (Wildman–Crippen LogP) is -0.103. The molecule has 0 saturated carbocycles. The van der Waals surface area contributed by atoms with Gasteiger partial charge in [0.1, 0.15) is 7.05 Å². The van der Waals surface area contributed by atoms with Crippen LogP contribution in [-0.2, 0) is 6.54 Å². The lowest BCUT2D eigenvalue weighted by molar-refractivity contribution is -1.28. The molecule has 0 spiro atoms. The zero-order chi connectivity index (χ0) is 13.3. The van der Waals surface area contributed by atoms with Gasteiger partial charge in [0.15, 0.2) is 18.0 Å². The molecule has 0 radical (unpaired) electrons. The van der Waals surface area contributed by atoms with E-state index in [0.29, 0.717) is 17.1 Å². The molecule has 1 aliphatic rings. The Morgan fingerprint density at radius 2 is 2.11 bits per heavy atom. The number of nitro groups is 1. The van der Waals surface area contributed by atoms with Crippen molar-refractivity contribution >= 4 is 6.09 Å². The Bertz CT molecular complexity index is 501. The molecule has 8 nitrogen and oxygen atoms in total. The fourth-order valence-electron chi connectivity index (χ4n) is 1.58. The van der Waals surface area contributed by atoms with Crippen molar-refractivity contribution < 1.29 is 29.0 Å². The maximum absolute atomic E-state index is 10.9. The van der Waals surface area contributed by atoms with E-state index in [0.717, 1.165) is 7.05 Å². The van der Waals surface area contributed by atoms with Gasteiger partial charge in [0.05, 0.1) is 0 Å². The van der Waals surface area contributed by atoms with Crippen LogP contribution in [0.3, 0.4) is 0 Å². The third kappa shape index (κ3) is 1.93. The smallest absolute Gasteiger partial charge is 0.322 e. The molecule has 2 rings (SSSR count). The van der Waals surface area contributed by atoms with E-state index >= 15 is 0 Å². The molecule has 1 aliphatic heterocycles. The van der Waals surface area contributed by atoms with Crippen LogP contribution >= 0.6 is 0 Å². The average molecular weight is 254 g/mol. The summed E-state index contributed by atoms with van der Waals surface area (Å²) in [6.45, 7) is -0.257. The topological polar surface area (TPSA) is 102 Å². The number of hydrogen-bond acceptors (Lipinski definition) is 6. The SMILES string of the molecule is C[N+](Cc1ccc2c(c1)OCO2)(C(=O)[O-])[N+](=O)[O-]. The second-order valence-electron chi connectivity index (χ2n) is 3.99. The Morgan fingerprint density at radius 1 is 1.44 bits per heavy atom. The number of amides is 1. The number of benzene rings is 1. The highest BCUT2D eigenvalue weighted by Gasteiger charge is 2.38. The summed E-state index contributed by atoms with van der Waals surface area (Å²) in [5.74, 6) is 0.975. The second kappa shape index (κ2) is 4.15. The van der Waals surface area contributed by atoms with Crippen molar-refractivity contribution in [2.45, 2.75) is 6.54 Å². The number of carbonyl (C=O) groups excluding carboxylic acids is 1. The summed E-state index contributed by atoms with van der Waals surface area (Å²) in [7, 11) is 0.958. The van der Waals surface area contributed by atoms with Crippen molar-refractivity contribution in [2.75, 3.05) is 13.8 Å². The van der Waals surface area contributed by atoms with Crippen LogP contribution in [0.4, 0.5) is 4.79 Å². The fraction of sp³-hybridized carbons (Fsp3) is 0.300. The molecule has 1 atom stereocenters. The number of carbonyl (C=O) groups is 1. The van der Waals surface area contributed by atoms with Gasteiger partial charge in [0.2, 0.25) is 11.8 Å². The number of rotatable bonds is 3. The Balaban J connectivity index is 2.28. The van der Waals surface area contributed by atoms with Crippen molar-refractivity contribution in [1.82, 2.24) is 0 Å². The van der Waals surface area contributed by atoms with E-state index in [4.69, 9.17) is 9.47 Å². The summed E-state index contributed by atoms with van der Waals surface area (Å²) < 4.78 is 8.76. The van der Waals surface area contributed by atoms with E-state index in [9.17, 15) is 20.0 Å². The molecule has 0 fully saturated rings. The van der Waals surface area contributed by atoms with Crippen molar-refractivity contribution in [3.8, 4) is 11.5 Å². The summed E-state index contributed by atoms with van der Waals surface area (Å²) in [5.41, 5.74) is 0.447. The molecule has 0 aliphatic carbocycles. The van der Waals surface area contributed by atoms with Crippen LogP contribution in [0.25, 0.3) is 0 Å². The molecule has 96 valence electrons. The van der Waals surface area contributed by atoms with Crippen LogP contribution in [0, 0.1) is 10.1 Å². The summed E-state index contributed by atoms with van der Waals surface area (Å²) >= 11 is 0. The number of fused-ring (bicyclic) bond motifs is 1. The maximum Gasteiger partial charge on any atom is 0.322 e. The van der Waals surface area contributed by atoms with Crippen molar-refractivity contribution in [1.29, 1.82) is 0 Å². The lowest BCUT2D eigenvalue weighted by Gasteiger charge is -2.21. The quantitative estimate of drug-likeness (QED) is 0.424. The molecular formula is C10H10N2O6. The van der Waals surface area contributed by atoms with E-state index < -0.39 is 15.7 Å². The van der Waals surface area contributed by atoms with Gasteiger partial charge in [-0.05, 0) is 18.2 Å². The van der Waals surface area contributed by atoms with Gasteiger partial charge in [-0.3, -0.25) is 0 Å². The minimum absolute atomic E-state index is 0.0840. The molecule has 0 saturated heterocycles. The minimum Gasteiger partial charge on any atom is -0.494 e. The molecule has 1 heterocycles. The zero-order valence-corrected chi connectivity index (χ0v) is 9.49. The summed E-state index contributed by atoms with van der Waals surface area (Å²) in [4.78, 5) is 21.7. The monoisotopic (exact) mass is 254 g/mol. The van der Waals surface area contributed by atoms with Crippen LogP contribution in [0.1, 0.15) is 5.56 Å². The highest BCUT2D eigenvalue weighted by atomic mass is 16.7. The number of hydrogen-bond donors (Lipinski definition) is 0. The number of nitrogens with zero attached hydrogens (tertiary/aromatic N) is 2. The van der Waals surface area contributed by atoms with Gasteiger partial charge in [-0.25, -0.2) is 10.1 Å². The van der Waals surface area contributed by atoms with E-state index in [1.54, 1.807) is 12.1 Å². The van der Waals surface area contributed by atoms with E-state index in [-0.39, 0.29) is 13.3 Å². The molecule has 0 N–H and O–H groups in total. The summed E-state index contributed by atoms with van der Waals surface area (Å²) in [6, 6.07) is 4.65. The van der Waals surface area contributed by atoms with E-state index in [1.165, 1.54) is 6.07 Å². The maximum atomic E-state index is 10.9. The third-order valence-corrected chi connectivity index (χ3v) is 2.68. The first kappa shape index (κ1) is 12.1. The minimum atomic E-state index is -1.78. The van der Waals surface area contributed by atoms with E-state index in [1.807, 2.05) is 0 Å². The number of carboxylic acid groups (broad SMARTS) is 1. The molecule has 0 bridgehead atoms. The highest BCUT2D eigenvalue weighted by molar-refractivity contribution is 5.53. The lowest BCUT2D eigenvalue weighted by Crippen LogP contribution is -2.58. The standard InChI is InChI=1S/C10H10N2O6/c1-12(10(13)14,11(15)16)5-7-2-3-8-9(4-7)18-6-17-8/h2-4H,5-6H2,1H3. The summed E-state index contributed by atoms with van der Waals surface area (Å²) in [6.07, 6.45) is -1.78. The highest BCUT2D eigenvalue weighted by Crippen LogP contribution is 2.33. The molecule has 1 aromatic carbocycles. The van der Waals surface area contributed by atoms with Gasteiger partial charge in [-0.1, -0.05) is 0 Å². The Hall–Kier alpha value is -2.35. The van der Waals surface area contributed by atoms with Crippen molar-refractivity contribution in [3.63, 3.8) is 0 Å². The molecule has 8 heteroatoms. The largest absolute Gasteiger partial charge is 0.494 e. The van der Waals surface area contributed by atoms with Gasteiger partial charge < -0.3 is 19.4 Å². The molecule has 18 heavy (non-hydrogen) atoms. The Labute approximate surface area is 102 Å².